The van der Waals surface area contributed by atoms with Gasteiger partial charge in [-0.1, -0.05) is 11.6 Å². The maximum atomic E-state index is 12.1. The smallest absolute Gasteiger partial charge is 0.342 e. The van der Waals surface area contributed by atoms with Gasteiger partial charge in [0.25, 0.3) is 0 Å². The topological polar surface area (TPSA) is 70.4 Å². The monoisotopic (exact) mass is 336 g/mol. The number of ether oxygens (including phenoxy) is 2. The number of aromatic nitrogens is 2. The molecule has 0 spiro atoms. The van der Waals surface area contributed by atoms with Crippen LogP contribution in [0.25, 0.3) is 0 Å². The highest BCUT2D eigenvalue weighted by molar-refractivity contribution is 6.32. The van der Waals surface area contributed by atoms with E-state index in [2.05, 4.69) is 5.10 Å². The van der Waals surface area contributed by atoms with E-state index < -0.39 is 5.97 Å². The summed E-state index contributed by atoms with van der Waals surface area (Å²) in [6.45, 7) is 3.12. The lowest BCUT2D eigenvalue weighted by Gasteiger charge is -2.07. The number of ketones is 1. The minimum Gasteiger partial charge on any atom is -0.495 e. The number of methoxy groups -OCH3 is 1. The van der Waals surface area contributed by atoms with Gasteiger partial charge in [0.2, 0.25) is 0 Å². The van der Waals surface area contributed by atoms with Crippen LogP contribution < -0.4 is 4.74 Å². The quantitative estimate of drug-likeness (QED) is 0.620. The maximum absolute atomic E-state index is 12.1. The summed E-state index contributed by atoms with van der Waals surface area (Å²) in [7, 11) is 3.23. The first-order valence-corrected chi connectivity index (χ1v) is 7.27. The number of aryl methyl sites for hydroxylation is 2. The Kier molecular flexibility index (Phi) is 5.05. The molecule has 0 amide bonds. The molecule has 2 aromatic rings. The molecule has 0 aliphatic heterocycles. The number of halogens is 1. The Morgan fingerprint density at radius 2 is 2.00 bits per heavy atom. The lowest BCUT2D eigenvalue weighted by molar-refractivity contribution is 0.0473. The van der Waals surface area contributed by atoms with Crippen molar-refractivity contribution in [2.24, 2.45) is 7.05 Å². The zero-order valence-corrected chi connectivity index (χ0v) is 14.1. The summed E-state index contributed by atoms with van der Waals surface area (Å²) in [5.74, 6) is -0.440. The van der Waals surface area contributed by atoms with Crippen molar-refractivity contribution in [2.45, 2.75) is 13.8 Å². The number of esters is 1. The first-order chi connectivity index (χ1) is 10.8. The zero-order chi connectivity index (χ0) is 17.1. The Hall–Kier alpha value is -2.34. The van der Waals surface area contributed by atoms with Crippen LogP contribution in [0.15, 0.2) is 18.2 Å². The third kappa shape index (κ3) is 3.53. The van der Waals surface area contributed by atoms with Gasteiger partial charge in [-0.05, 0) is 32.0 Å². The summed E-state index contributed by atoms with van der Waals surface area (Å²) in [6.07, 6.45) is 0. The SMILES string of the molecule is COc1ccc(C(=O)COC(=O)c2c(C)nn(C)c2C)cc1Cl. The first kappa shape index (κ1) is 17.0. The molecule has 7 heteroatoms. The molecule has 0 aliphatic rings. The van der Waals surface area contributed by atoms with E-state index >= 15 is 0 Å². The van der Waals surface area contributed by atoms with Crippen LogP contribution in [0, 0.1) is 13.8 Å². The number of Topliss-reactive ketones (excluding diaryl/α,β-unsaturated/α-hetero) is 1. The number of hydrogen-bond donors (Lipinski definition) is 0. The summed E-state index contributed by atoms with van der Waals surface area (Å²) >= 11 is 5.98. The Morgan fingerprint density at radius 1 is 1.30 bits per heavy atom. The van der Waals surface area contributed by atoms with Gasteiger partial charge in [0, 0.05) is 18.3 Å². The molecular weight excluding hydrogens is 320 g/mol. The zero-order valence-electron chi connectivity index (χ0n) is 13.3. The van der Waals surface area contributed by atoms with Gasteiger partial charge in [0.05, 0.1) is 17.8 Å². The van der Waals surface area contributed by atoms with E-state index in [1.807, 2.05) is 0 Å². The van der Waals surface area contributed by atoms with Gasteiger partial charge in [-0.3, -0.25) is 9.48 Å². The minimum atomic E-state index is -0.568. The molecule has 0 saturated carbocycles. The standard InChI is InChI=1S/C16H17ClN2O4/c1-9-15(10(2)19(3)18-9)16(21)23-8-13(20)11-5-6-14(22-4)12(17)7-11/h5-7H,8H2,1-4H3. The summed E-state index contributed by atoms with van der Waals surface area (Å²) in [5, 5.41) is 4.47. The predicted octanol–water partition coefficient (Wildman–Crippen LogP) is 2.74. The molecule has 0 bridgehead atoms. The van der Waals surface area contributed by atoms with E-state index in [4.69, 9.17) is 21.1 Å². The number of carbonyl (C=O) groups is 2. The Bertz CT molecular complexity index is 768. The molecule has 122 valence electrons. The van der Waals surface area contributed by atoms with Gasteiger partial charge >= 0.3 is 5.97 Å². The molecule has 1 heterocycles. The number of rotatable bonds is 5. The molecular formula is C16H17ClN2O4. The van der Waals surface area contributed by atoms with Gasteiger partial charge in [0.15, 0.2) is 12.4 Å². The van der Waals surface area contributed by atoms with Crippen LogP contribution in [0.1, 0.15) is 32.1 Å². The van der Waals surface area contributed by atoms with Gasteiger partial charge in [-0.15, -0.1) is 0 Å². The van der Waals surface area contributed by atoms with E-state index in [1.165, 1.54) is 13.2 Å². The van der Waals surface area contributed by atoms with Gasteiger partial charge < -0.3 is 9.47 Å². The van der Waals surface area contributed by atoms with Crippen LogP contribution >= 0.6 is 11.6 Å². The highest BCUT2D eigenvalue weighted by atomic mass is 35.5. The molecule has 1 aromatic carbocycles. The van der Waals surface area contributed by atoms with Crippen LogP contribution in [0.2, 0.25) is 5.02 Å². The average molecular weight is 337 g/mol. The van der Waals surface area contributed by atoms with Crippen LogP contribution in [-0.4, -0.2) is 35.2 Å². The van der Waals surface area contributed by atoms with E-state index in [0.717, 1.165) is 0 Å². The van der Waals surface area contributed by atoms with Crippen LogP contribution in [0.3, 0.4) is 0 Å². The molecule has 1 aromatic heterocycles. The van der Waals surface area contributed by atoms with Gasteiger partial charge in [0.1, 0.15) is 11.3 Å². The number of nitrogens with zero attached hydrogens (tertiary/aromatic N) is 2. The fraction of sp³-hybridized carbons (Fsp3) is 0.312. The molecule has 23 heavy (non-hydrogen) atoms. The van der Waals surface area contributed by atoms with Crippen molar-refractivity contribution in [1.82, 2.24) is 9.78 Å². The third-order valence-electron chi connectivity index (χ3n) is 3.52. The van der Waals surface area contributed by atoms with E-state index in [0.29, 0.717) is 33.3 Å². The molecule has 6 nitrogen and oxygen atoms in total. The highest BCUT2D eigenvalue weighted by Gasteiger charge is 2.20. The molecule has 0 atom stereocenters. The molecule has 0 aliphatic carbocycles. The van der Waals surface area contributed by atoms with E-state index in [1.54, 1.807) is 37.7 Å². The van der Waals surface area contributed by atoms with Crippen LogP contribution in [0.4, 0.5) is 0 Å². The number of carbonyl (C=O) groups excluding carboxylic acids is 2. The average Bonchev–Trinajstić information content (AvgIpc) is 2.77. The van der Waals surface area contributed by atoms with Crippen LogP contribution in [-0.2, 0) is 11.8 Å². The summed E-state index contributed by atoms with van der Waals surface area (Å²) in [6, 6.07) is 4.64. The molecule has 0 saturated heterocycles. The van der Waals surface area contributed by atoms with Crippen molar-refractivity contribution >= 4 is 23.4 Å². The predicted molar refractivity (Wildman–Crippen MR) is 85.3 cm³/mol. The molecule has 0 N–H and O–H groups in total. The van der Waals surface area contributed by atoms with Crippen molar-refractivity contribution in [3.63, 3.8) is 0 Å². The Balaban J connectivity index is 2.07. The summed E-state index contributed by atoms with van der Waals surface area (Å²) in [4.78, 5) is 24.2. The largest absolute Gasteiger partial charge is 0.495 e. The van der Waals surface area contributed by atoms with Gasteiger partial charge in [-0.2, -0.15) is 5.10 Å². The van der Waals surface area contributed by atoms with Crippen molar-refractivity contribution in [3.05, 3.63) is 45.7 Å². The first-order valence-electron chi connectivity index (χ1n) is 6.89. The second kappa shape index (κ2) is 6.83. The highest BCUT2D eigenvalue weighted by Crippen LogP contribution is 2.25. The fourth-order valence-corrected chi connectivity index (χ4v) is 2.45. The van der Waals surface area contributed by atoms with Crippen LogP contribution in [0.5, 0.6) is 5.75 Å². The fourth-order valence-electron chi connectivity index (χ4n) is 2.20. The van der Waals surface area contributed by atoms with E-state index in [-0.39, 0.29) is 12.4 Å². The lowest BCUT2D eigenvalue weighted by atomic mass is 10.1. The Labute approximate surface area is 139 Å². The molecule has 2 rings (SSSR count). The second-order valence-electron chi connectivity index (χ2n) is 5.02. The van der Waals surface area contributed by atoms with Crippen molar-refractivity contribution in [1.29, 1.82) is 0 Å². The van der Waals surface area contributed by atoms with Crippen molar-refractivity contribution in [3.8, 4) is 5.75 Å². The summed E-state index contributed by atoms with van der Waals surface area (Å²) < 4.78 is 11.7. The normalized spacial score (nSPS) is 10.5. The van der Waals surface area contributed by atoms with Crippen molar-refractivity contribution < 1.29 is 19.1 Å². The number of hydrogen-bond acceptors (Lipinski definition) is 5. The minimum absolute atomic E-state index is 0.323. The lowest BCUT2D eigenvalue weighted by Crippen LogP contribution is -2.15. The third-order valence-corrected chi connectivity index (χ3v) is 3.82. The number of benzene rings is 1. The summed E-state index contributed by atoms with van der Waals surface area (Å²) in [5.41, 5.74) is 1.98. The maximum Gasteiger partial charge on any atom is 0.342 e. The van der Waals surface area contributed by atoms with Crippen molar-refractivity contribution in [2.75, 3.05) is 13.7 Å². The molecule has 0 fully saturated rings. The van der Waals surface area contributed by atoms with E-state index in [9.17, 15) is 9.59 Å². The molecule has 0 radical (unpaired) electrons. The second-order valence-corrected chi connectivity index (χ2v) is 5.43. The Morgan fingerprint density at radius 3 is 2.52 bits per heavy atom. The van der Waals surface area contributed by atoms with Gasteiger partial charge in [-0.25, -0.2) is 4.79 Å². The molecule has 0 unspecified atom stereocenters.